The zero-order valence-electron chi connectivity index (χ0n) is 8.49. The van der Waals surface area contributed by atoms with Crippen molar-refractivity contribution < 1.29 is 8.42 Å². The lowest BCUT2D eigenvalue weighted by Crippen LogP contribution is -2.47. The lowest BCUT2D eigenvalue weighted by atomic mass is 10.0. The summed E-state index contributed by atoms with van der Waals surface area (Å²) in [6.45, 7) is 3.01. The molecule has 5 heteroatoms. The van der Waals surface area contributed by atoms with E-state index in [0.29, 0.717) is 6.04 Å². The Labute approximate surface area is 85.5 Å². The molecule has 0 bridgehead atoms. The molecule has 1 aliphatic heterocycles. The van der Waals surface area contributed by atoms with E-state index in [1.165, 1.54) is 0 Å². The zero-order valence-corrected chi connectivity index (χ0v) is 9.31. The molecule has 1 saturated heterocycles. The Balaban J connectivity index is 1.90. The quantitative estimate of drug-likeness (QED) is 0.712. The maximum Gasteiger partial charge on any atom is 0.214 e. The van der Waals surface area contributed by atoms with Gasteiger partial charge in [-0.15, -0.1) is 0 Å². The first kappa shape index (κ1) is 10.4. The van der Waals surface area contributed by atoms with Crippen molar-refractivity contribution in [2.75, 3.05) is 6.54 Å². The van der Waals surface area contributed by atoms with Gasteiger partial charge >= 0.3 is 0 Å². The summed E-state index contributed by atoms with van der Waals surface area (Å²) in [6, 6.07) is 0.576. The Morgan fingerprint density at radius 1 is 1.29 bits per heavy atom. The first-order valence-corrected chi connectivity index (χ1v) is 6.87. The molecule has 14 heavy (non-hydrogen) atoms. The van der Waals surface area contributed by atoms with Crippen LogP contribution >= 0.6 is 0 Å². The Morgan fingerprint density at radius 2 is 2.00 bits per heavy atom. The van der Waals surface area contributed by atoms with E-state index in [-0.39, 0.29) is 11.3 Å². The lowest BCUT2D eigenvalue weighted by molar-refractivity contribution is 0.361. The van der Waals surface area contributed by atoms with Gasteiger partial charge in [0.25, 0.3) is 0 Å². The third kappa shape index (κ3) is 2.46. The van der Waals surface area contributed by atoms with Gasteiger partial charge in [0.1, 0.15) is 0 Å². The first-order chi connectivity index (χ1) is 6.58. The maximum absolute atomic E-state index is 11.6. The van der Waals surface area contributed by atoms with Crippen molar-refractivity contribution in [3.63, 3.8) is 0 Å². The van der Waals surface area contributed by atoms with Crippen molar-refractivity contribution in [2.45, 2.75) is 49.9 Å². The zero-order chi connectivity index (χ0) is 10.2. The predicted molar refractivity (Wildman–Crippen MR) is 55.6 cm³/mol. The molecule has 2 rings (SSSR count). The van der Waals surface area contributed by atoms with E-state index >= 15 is 0 Å². The molecule has 82 valence electrons. The van der Waals surface area contributed by atoms with E-state index in [2.05, 4.69) is 17.0 Å². The summed E-state index contributed by atoms with van der Waals surface area (Å²) < 4.78 is 26.1. The topological polar surface area (TPSA) is 58.2 Å². The molecule has 2 fully saturated rings. The fourth-order valence-electron chi connectivity index (χ4n) is 1.95. The largest absolute Gasteiger partial charge is 0.314 e. The molecular weight excluding hydrogens is 200 g/mol. The summed E-state index contributed by atoms with van der Waals surface area (Å²) >= 11 is 0. The summed E-state index contributed by atoms with van der Waals surface area (Å²) in [7, 11) is -2.99. The van der Waals surface area contributed by atoms with Crippen LogP contribution in [0.4, 0.5) is 0 Å². The van der Waals surface area contributed by atoms with Gasteiger partial charge < -0.3 is 5.32 Å². The number of sulfonamides is 1. The Bertz CT molecular complexity index is 298. The molecule has 0 amide bonds. The van der Waals surface area contributed by atoms with Crippen LogP contribution in [0.15, 0.2) is 0 Å². The van der Waals surface area contributed by atoms with Crippen LogP contribution in [0, 0.1) is 0 Å². The molecule has 1 heterocycles. The molecule has 1 aliphatic carbocycles. The average molecular weight is 218 g/mol. The average Bonchev–Trinajstić information content (AvgIpc) is 2.84. The van der Waals surface area contributed by atoms with Crippen molar-refractivity contribution in [1.82, 2.24) is 10.0 Å². The fraction of sp³-hybridized carbons (Fsp3) is 1.00. The van der Waals surface area contributed by atoms with E-state index < -0.39 is 10.0 Å². The number of nitrogens with one attached hydrogen (secondary N) is 2. The molecule has 2 unspecified atom stereocenters. The highest BCUT2D eigenvalue weighted by Crippen LogP contribution is 2.28. The smallest absolute Gasteiger partial charge is 0.214 e. The van der Waals surface area contributed by atoms with Crippen LogP contribution in [0.2, 0.25) is 0 Å². The Morgan fingerprint density at radius 3 is 2.57 bits per heavy atom. The summed E-state index contributed by atoms with van der Waals surface area (Å²) in [4.78, 5) is 0. The van der Waals surface area contributed by atoms with Gasteiger partial charge in [-0.1, -0.05) is 0 Å². The van der Waals surface area contributed by atoms with Crippen LogP contribution in [0.1, 0.15) is 32.6 Å². The van der Waals surface area contributed by atoms with Crippen molar-refractivity contribution in [3.05, 3.63) is 0 Å². The van der Waals surface area contributed by atoms with Gasteiger partial charge in [-0.3, -0.25) is 0 Å². The van der Waals surface area contributed by atoms with Crippen molar-refractivity contribution in [3.8, 4) is 0 Å². The van der Waals surface area contributed by atoms with E-state index in [1.807, 2.05) is 0 Å². The Kier molecular flexibility index (Phi) is 2.81. The van der Waals surface area contributed by atoms with Gasteiger partial charge in [-0.2, -0.15) is 0 Å². The third-order valence-corrected chi connectivity index (χ3v) is 4.93. The second-order valence-corrected chi connectivity index (χ2v) is 6.43. The standard InChI is InChI=1S/C9H18N2O2S/c1-7-6-8(4-5-10-7)11-14(12,13)9-2-3-9/h7-11H,2-6H2,1H3. The molecule has 0 aromatic rings. The van der Waals surface area contributed by atoms with Gasteiger partial charge in [0.15, 0.2) is 0 Å². The van der Waals surface area contributed by atoms with E-state index in [0.717, 1.165) is 32.2 Å². The number of hydrogen-bond donors (Lipinski definition) is 2. The minimum Gasteiger partial charge on any atom is -0.314 e. The van der Waals surface area contributed by atoms with Crippen LogP contribution in [-0.2, 0) is 10.0 Å². The summed E-state index contributed by atoms with van der Waals surface area (Å²) in [5, 5.41) is 3.22. The second kappa shape index (κ2) is 3.79. The molecular formula is C9H18N2O2S. The van der Waals surface area contributed by atoms with Gasteiger partial charge in [0.2, 0.25) is 10.0 Å². The normalized spacial score (nSPS) is 34.4. The molecule has 2 N–H and O–H groups in total. The van der Waals surface area contributed by atoms with Crippen LogP contribution in [0.25, 0.3) is 0 Å². The van der Waals surface area contributed by atoms with Gasteiger partial charge in [0, 0.05) is 12.1 Å². The lowest BCUT2D eigenvalue weighted by Gasteiger charge is -2.28. The van der Waals surface area contributed by atoms with E-state index in [1.54, 1.807) is 0 Å². The summed E-state index contributed by atoms with van der Waals surface area (Å²) in [5.41, 5.74) is 0. The molecule has 0 spiro atoms. The highest BCUT2D eigenvalue weighted by molar-refractivity contribution is 7.90. The molecule has 4 nitrogen and oxygen atoms in total. The van der Waals surface area contributed by atoms with Crippen molar-refractivity contribution in [1.29, 1.82) is 0 Å². The van der Waals surface area contributed by atoms with Gasteiger partial charge in [-0.05, 0) is 39.2 Å². The molecule has 0 aromatic carbocycles. The molecule has 1 saturated carbocycles. The van der Waals surface area contributed by atoms with Crippen LogP contribution in [0.5, 0.6) is 0 Å². The SMILES string of the molecule is CC1CC(NS(=O)(=O)C2CC2)CCN1. The van der Waals surface area contributed by atoms with Crippen LogP contribution in [-0.4, -0.2) is 32.3 Å². The minimum atomic E-state index is -2.99. The molecule has 0 aromatic heterocycles. The number of hydrogen-bond acceptors (Lipinski definition) is 3. The van der Waals surface area contributed by atoms with Crippen molar-refractivity contribution >= 4 is 10.0 Å². The summed E-state index contributed by atoms with van der Waals surface area (Å²) in [6.07, 6.45) is 3.51. The van der Waals surface area contributed by atoms with Crippen molar-refractivity contribution in [2.24, 2.45) is 0 Å². The highest BCUT2D eigenvalue weighted by Gasteiger charge is 2.37. The maximum atomic E-state index is 11.6. The molecule has 2 atom stereocenters. The van der Waals surface area contributed by atoms with E-state index in [9.17, 15) is 8.42 Å². The third-order valence-electron chi connectivity index (χ3n) is 2.92. The second-order valence-electron chi connectivity index (χ2n) is 4.44. The highest BCUT2D eigenvalue weighted by atomic mass is 32.2. The van der Waals surface area contributed by atoms with E-state index in [4.69, 9.17) is 0 Å². The number of piperidine rings is 1. The first-order valence-electron chi connectivity index (χ1n) is 5.32. The van der Waals surface area contributed by atoms with Crippen LogP contribution in [0.3, 0.4) is 0 Å². The van der Waals surface area contributed by atoms with Gasteiger partial charge in [-0.25, -0.2) is 13.1 Å². The molecule has 0 radical (unpaired) electrons. The fourth-order valence-corrected chi connectivity index (χ4v) is 3.57. The number of rotatable bonds is 3. The van der Waals surface area contributed by atoms with Gasteiger partial charge in [0.05, 0.1) is 5.25 Å². The predicted octanol–water partition coefficient (Wildman–Crippen LogP) is 0.209. The minimum absolute atomic E-state index is 0.0901. The summed E-state index contributed by atoms with van der Waals surface area (Å²) in [5.74, 6) is 0. The monoisotopic (exact) mass is 218 g/mol. The Hall–Kier alpha value is -0.130. The molecule has 2 aliphatic rings. The van der Waals surface area contributed by atoms with Crippen LogP contribution < -0.4 is 10.0 Å².